The predicted molar refractivity (Wildman–Crippen MR) is 143 cm³/mol. The first-order chi connectivity index (χ1) is 19.2. The highest BCUT2D eigenvalue weighted by atomic mass is 16.4. The number of nitrogens with two attached hydrogens (primary N) is 2. The summed E-state index contributed by atoms with van der Waals surface area (Å²) in [5.41, 5.74) is 10.6. The van der Waals surface area contributed by atoms with Crippen molar-refractivity contribution in [2.24, 2.45) is 11.5 Å². The molecular weight excluding hydrogens is 552 g/mol. The van der Waals surface area contributed by atoms with Gasteiger partial charge in [-0.05, 0) is 5.56 Å². The van der Waals surface area contributed by atoms with Crippen molar-refractivity contribution in [3.8, 4) is 0 Å². The summed E-state index contributed by atoms with van der Waals surface area (Å²) in [4.78, 5) is 69.5. The summed E-state index contributed by atoms with van der Waals surface area (Å²) in [5, 5.41) is 50.7. The molecule has 0 heterocycles. The van der Waals surface area contributed by atoms with Crippen molar-refractivity contribution >= 4 is 41.7 Å². The minimum absolute atomic E-state index is 0.00882. The first-order valence-corrected chi connectivity index (χ1v) is 11.7. The van der Waals surface area contributed by atoms with Crippen LogP contribution in [0.15, 0.2) is 30.3 Å². The maximum Gasteiger partial charge on any atom is 0.317 e. The van der Waals surface area contributed by atoms with Crippen molar-refractivity contribution in [2.75, 3.05) is 45.8 Å². The van der Waals surface area contributed by atoms with Crippen LogP contribution in [0.25, 0.3) is 0 Å². The molecule has 1 aromatic carbocycles. The summed E-state index contributed by atoms with van der Waals surface area (Å²) in [6, 6.07) is 9.69. The molecule has 0 unspecified atom stereocenters. The monoisotopic (exact) mass is 590 g/mol. The summed E-state index contributed by atoms with van der Waals surface area (Å²) in [6.45, 7) is 0.487. The quantitative estimate of drug-likeness (QED) is 0.0745. The molecule has 41 heavy (non-hydrogen) atoms. The molecule has 0 spiro atoms. The lowest BCUT2D eigenvalue weighted by Gasteiger charge is -2.00. The number of hydrogen-bond acceptors (Lipinski definition) is 11. The van der Waals surface area contributed by atoms with Gasteiger partial charge in [0.15, 0.2) is 0 Å². The molecular formula is C23H38N6O12. The van der Waals surface area contributed by atoms with Crippen LogP contribution in [0.4, 0.5) is 0 Å². The van der Waals surface area contributed by atoms with E-state index in [4.69, 9.17) is 31.3 Å². The second-order valence-corrected chi connectivity index (χ2v) is 7.45. The van der Waals surface area contributed by atoms with E-state index >= 15 is 0 Å². The third kappa shape index (κ3) is 45.6. The van der Waals surface area contributed by atoms with Gasteiger partial charge < -0.3 is 53.0 Å². The Morgan fingerprint density at radius 1 is 0.512 bits per heavy atom. The largest absolute Gasteiger partial charge is 0.481 e. The molecule has 0 fully saturated rings. The molecule has 13 N–H and O–H groups in total. The molecule has 18 heteroatoms. The molecule has 0 aromatic heterocycles. The standard InChI is InChI=1S/C9H11NO2.C5H10N2O3.C5H9NO4.C4H8N2O3/c11-9(12)7-10-6-8-4-2-1-3-5-8;6-4(8)1-2-7-3-5(9)10;7-4(8)1-2-6-3-5(9)10;5-3(7)1-6-2-4(8)9/h1-5,10H,6-7H2,(H,11,12);7H,1-3H2,(H2,6,8)(H,9,10);6H,1-3H2,(H,7,8)(H,9,10);6H,1-2H2,(H2,5,7)(H,8,9). The van der Waals surface area contributed by atoms with Gasteiger partial charge in [-0.15, -0.1) is 0 Å². The number of amides is 2. The zero-order valence-corrected chi connectivity index (χ0v) is 22.2. The Bertz CT molecular complexity index is 853. The summed E-state index contributed by atoms with van der Waals surface area (Å²) in [7, 11) is 0. The fourth-order valence-electron chi connectivity index (χ4n) is 2.00. The maximum atomic E-state index is 10.1. The van der Waals surface area contributed by atoms with E-state index in [1.807, 2.05) is 30.3 Å². The van der Waals surface area contributed by atoms with Gasteiger partial charge in [0.05, 0.1) is 39.1 Å². The van der Waals surface area contributed by atoms with E-state index in [1.54, 1.807) is 0 Å². The van der Waals surface area contributed by atoms with Crippen LogP contribution in [0.5, 0.6) is 0 Å². The Hall–Kier alpha value is -4.65. The van der Waals surface area contributed by atoms with Crippen LogP contribution in [-0.2, 0) is 40.1 Å². The highest BCUT2D eigenvalue weighted by Gasteiger charge is 1.98. The molecule has 0 atom stereocenters. The van der Waals surface area contributed by atoms with Crippen LogP contribution in [0.2, 0.25) is 0 Å². The Morgan fingerprint density at radius 2 is 0.927 bits per heavy atom. The highest BCUT2D eigenvalue weighted by Crippen LogP contribution is 1.96. The van der Waals surface area contributed by atoms with Crippen LogP contribution in [0, 0.1) is 0 Å². The van der Waals surface area contributed by atoms with Gasteiger partial charge >= 0.3 is 29.8 Å². The first kappa shape index (κ1) is 40.8. The minimum Gasteiger partial charge on any atom is -0.481 e. The Labute approximate surface area is 235 Å². The van der Waals surface area contributed by atoms with E-state index in [0.29, 0.717) is 13.1 Å². The van der Waals surface area contributed by atoms with E-state index in [-0.39, 0.29) is 52.1 Å². The van der Waals surface area contributed by atoms with Crippen molar-refractivity contribution < 1.29 is 59.1 Å². The van der Waals surface area contributed by atoms with Crippen LogP contribution in [0.3, 0.4) is 0 Å². The number of carbonyl (C=O) groups is 7. The van der Waals surface area contributed by atoms with Gasteiger partial charge in [-0.1, -0.05) is 30.3 Å². The second kappa shape index (κ2) is 28.4. The fourth-order valence-corrected chi connectivity index (χ4v) is 2.00. The summed E-state index contributed by atoms with van der Waals surface area (Å²) >= 11 is 0. The smallest absolute Gasteiger partial charge is 0.317 e. The molecule has 1 aromatic rings. The third-order valence-electron chi connectivity index (χ3n) is 3.64. The molecule has 232 valence electrons. The topological polar surface area (TPSA) is 321 Å². The SMILES string of the molecule is NC(=O)CCNCC(=O)O.NC(=O)CNCC(=O)O.O=C(O)CCNCC(=O)O.O=C(O)CNCc1ccccc1. The van der Waals surface area contributed by atoms with Crippen molar-refractivity contribution in [3.05, 3.63) is 35.9 Å². The molecule has 0 aliphatic carbocycles. The minimum atomic E-state index is -1.00. The number of primary amides is 2. The number of nitrogens with one attached hydrogen (secondary N) is 4. The number of carbonyl (C=O) groups excluding carboxylic acids is 2. The first-order valence-electron chi connectivity index (χ1n) is 11.7. The molecule has 18 nitrogen and oxygen atoms in total. The van der Waals surface area contributed by atoms with Gasteiger partial charge in [-0.2, -0.15) is 0 Å². The number of rotatable bonds is 18. The van der Waals surface area contributed by atoms with Crippen molar-refractivity contribution in [3.63, 3.8) is 0 Å². The number of aliphatic carboxylic acids is 5. The average Bonchev–Trinajstić information content (AvgIpc) is 2.85. The van der Waals surface area contributed by atoms with E-state index in [9.17, 15) is 33.6 Å². The molecule has 0 aliphatic heterocycles. The van der Waals surface area contributed by atoms with Gasteiger partial charge in [0.2, 0.25) is 11.8 Å². The maximum absolute atomic E-state index is 10.1. The average molecular weight is 591 g/mol. The second-order valence-electron chi connectivity index (χ2n) is 7.45. The van der Waals surface area contributed by atoms with Crippen molar-refractivity contribution in [2.45, 2.75) is 19.4 Å². The summed E-state index contributed by atoms with van der Waals surface area (Å²) in [6.07, 6.45) is 0.126. The Kier molecular flexibility index (Phi) is 28.3. The van der Waals surface area contributed by atoms with Crippen LogP contribution >= 0.6 is 0 Å². The molecule has 0 radical (unpaired) electrons. The molecule has 0 saturated heterocycles. The lowest BCUT2D eigenvalue weighted by molar-refractivity contribution is -0.138. The van der Waals surface area contributed by atoms with Gasteiger partial charge in [-0.25, -0.2) is 0 Å². The van der Waals surface area contributed by atoms with Crippen LogP contribution in [0.1, 0.15) is 18.4 Å². The Morgan fingerprint density at radius 3 is 1.32 bits per heavy atom. The summed E-state index contributed by atoms with van der Waals surface area (Å²) in [5.74, 6) is -5.68. The molecule has 2 amide bonds. The number of benzene rings is 1. The van der Waals surface area contributed by atoms with E-state index < -0.39 is 41.7 Å². The van der Waals surface area contributed by atoms with Gasteiger partial charge in [-0.3, -0.25) is 38.9 Å². The number of carboxylic acid groups (broad SMARTS) is 5. The van der Waals surface area contributed by atoms with E-state index in [2.05, 4.69) is 27.0 Å². The summed E-state index contributed by atoms with van der Waals surface area (Å²) < 4.78 is 0. The molecule has 0 saturated carbocycles. The van der Waals surface area contributed by atoms with Gasteiger partial charge in [0.1, 0.15) is 0 Å². The molecule has 0 aliphatic rings. The number of carboxylic acids is 5. The molecule has 1 rings (SSSR count). The van der Waals surface area contributed by atoms with Gasteiger partial charge in [0.25, 0.3) is 0 Å². The Balaban J connectivity index is -0.000000473. The van der Waals surface area contributed by atoms with Gasteiger partial charge in [0, 0.05) is 26.1 Å². The highest BCUT2D eigenvalue weighted by molar-refractivity contribution is 5.77. The van der Waals surface area contributed by atoms with Crippen molar-refractivity contribution in [1.29, 1.82) is 0 Å². The van der Waals surface area contributed by atoms with Crippen molar-refractivity contribution in [1.82, 2.24) is 21.3 Å². The van der Waals surface area contributed by atoms with E-state index in [0.717, 1.165) is 5.56 Å². The third-order valence-corrected chi connectivity index (χ3v) is 3.64. The predicted octanol–water partition coefficient (Wildman–Crippen LogP) is -3.32. The zero-order chi connectivity index (χ0) is 32.1. The number of hydrogen-bond donors (Lipinski definition) is 11. The van der Waals surface area contributed by atoms with Crippen LogP contribution in [-0.4, -0.2) is 113 Å². The normalized spacial score (nSPS) is 9.27. The fraction of sp³-hybridized carbons (Fsp3) is 0.435. The van der Waals surface area contributed by atoms with E-state index in [1.165, 1.54) is 0 Å². The lowest BCUT2D eigenvalue weighted by atomic mass is 10.2. The lowest BCUT2D eigenvalue weighted by Crippen LogP contribution is -2.32. The zero-order valence-electron chi connectivity index (χ0n) is 22.2. The molecule has 0 bridgehead atoms. The van der Waals surface area contributed by atoms with Crippen LogP contribution < -0.4 is 32.7 Å².